The molecule has 3 heterocycles. The zero-order valence-electron chi connectivity index (χ0n) is 14.2. The number of piperazine rings is 1. The summed E-state index contributed by atoms with van der Waals surface area (Å²) in [6.07, 6.45) is 1.35. The Morgan fingerprint density at radius 2 is 1.96 bits per heavy atom. The lowest BCUT2D eigenvalue weighted by molar-refractivity contribution is -0.121. The summed E-state index contributed by atoms with van der Waals surface area (Å²) in [4.78, 5) is 25.6. The highest BCUT2D eigenvalue weighted by molar-refractivity contribution is 5.79. The van der Waals surface area contributed by atoms with Gasteiger partial charge >= 0.3 is 0 Å². The van der Waals surface area contributed by atoms with Gasteiger partial charge in [0.25, 0.3) is 0 Å². The smallest absolute Gasteiger partial charge is 0.224 e. The van der Waals surface area contributed by atoms with Gasteiger partial charge in [-0.2, -0.15) is 0 Å². The third-order valence-electron chi connectivity index (χ3n) is 4.96. The lowest BCUT2D eigenvalue weighted by Crippen LogP contribution is -2.48. The van der Waals surface area contributed by atoms with Gasteiger partial charge in [0, 0.05) is 55.2 Å². The van der Waals surface area contributed by atoms with Crippen LogP contribution in [0.1, 0.15) is 23.4 Å². The minimum atomic E-state index is 0.0442. The van der Waals surface area contributed by atoms with Crippen molar-refractivity contribution in [2.24, 2.45) is 0 Å². The number of nitrogens with two attached hydrogens (primary N) is 1. The third kappa shape index (κ3) is 3.61. The summed E-state index contributed by atoms with van der Waals surface area (Å²) in [7, 11) is 2.16. The maximum Gasteiger partial charge on any atom is 0.224 e. The van der Waals surface area contributed by atoms with Crippen LogP contribution < -0.4 is 11.1 Å². The molecule has 7 nitrogen and oxygen atoms in total. The molecule has 0 bridgehead atoms. The molecule has 0 saturated carbocycles. The highest BCUT2D eigenvalue weighted by atomic mass is 16.1. The van der Waals surface area contributed by atoms with Gasteiger partial charge in [-0.1, -0.05) is 0 Å². The van der Waals surface area contributed by atoms with E-state index in [4.69, 9.17) is 5.73 Å². The number of likely N-dealkylation sites (N-methyl/N-ethyl adjacent to an activating group) is 1. The summed E-state index contributed by atoms with van der Waals surface area (Å²) in [6, 6.07) is 0.816. The van der Waals surface area contributed by atoms with Crippen LogP contribution in [0.4, 0.5) is 5.95 Å². The van der Waals surface area contributed by atoms with Crippen molar-refractivity contribution in [1.82, 2.24) is 25.1 Å². The maximum absolute atomic E-state index is 12.4. The molecule has 1 aromatic heterocycles. The first kappa shape index (κ1) is 16.1. The molecule has 1 aromatic rings. The van der Waals surface area contributed by atoms with Gasteiger partial charge in [-0.3, -0.25) is 9.69 Å². The van der Waals surface area contributed by atoms with Gasteiger partial charge in [0.1, 0.15) is 0 Å². The van der Waals surface area contributed by atoms with Crippen molar-refractivity contribution < 1.29 is 4.79 Å². The van der Waals surface area contributed by atoms with E-state index >= 15 is 0 Å². The minimum absolute atomic E-state index is 0.0442. The van der Waals surface area contributed by atoms with Gasteiger partial charge in [0.2, 0.25) is 11.9 Å². The molecule has 3 N–H and O–H groups in total. The van der Waals surface area contributed by atoms with Crippen molar-refractivity contribution >= 4 is 11.9 Å². The fourth-order valence-electron chi connectivity index (χ4n) is 3.76. The second-order valence-corrected chi connectivity index (χ2v) is 6.82. The van der Waals surface area contributed by atoms with E-state index in [1.165, 1.54) is 0 Å². The number of nitrogen functional groups attached to an aromatic ring is 1. The lowest BCUT2D eigenvalue weighted by Gasteiger charge is -2.34. The van der Waals surface area contributed by atoms with Crippen LogP contribution in [-0.2, 0) is 11.2 Å². The molecule has 3 rings (SSSR count). The Bertz CT molecular complexity index is 581. The molecule has 2 atom stereocenters. The van der Waals surface area contributed by atoms with E-state index in [0.717, 1.165) is 49.6 Å². The summed E-state index contributed by atoms with van der Waals surface area (Å²) in [5, 5.41) is 3.18. The van der Waals surface area contributed by atoms with Crippen LogP contribution in [0.25, 0.3) is 0 Å². The standard InChI is InChI=1S/C16H26N6O/c1-10-14(11(2)19-16(17)18-10)7-15(23)20-12-6-13-9-21(3)4-5-22(13)8-12/h12-13H,4-9H2,1-3H3,(H,20,23)(H2,17,18,19)/t12-,13-/m0/s1. The molecule has 2 saturated heterocycles. The number of aryl methyl sites for hydroxylation is 2. The van der Waals surface area contributed by atoms with E-state index < -0.39 is 0 Å². The van der Waals surface area contributed by atoms with Crippen LogP contribution in [0.2, 0.25) is 0 Å². The highest BCUT2D eigenvalue weighted by Crippen LogP contribution is 2.21. The van der Waals surface area contributed by atoms with E-state index in [1.54, 1.807) is 0 Å². The molecule has 2 aliphatic heterocycles. The van der Waals surface area contributed by atoms with Gasteiger partial charge in [-0.05, 0) is 27.3 Å². The molecule has 126 valence electrons. The second kappa shape index (κ2) is 6.41. The molecule has 0 aromatic carbocycles. The summed E-state index contributed by atoms with van der Waals surface area (Å²) in [5.74, 6) is 0.309. The van der Waals surface area contributed by atoms with Gasteiger partial charge in [0.15, 0.2) is 0 Å². The van der Waals surface area contributed by atoms with Gasteiger partial charge in [-0.25, -0.2) is 9.97 Å². The van der Waals surface area contributed by atoms with Gasteiger partial charge in [-0.15, -0.1) is 0 Å². The van der Waals surface area contributed by atoms with E-state index in [0.29, 0.717) is 12.5 Å². The first-order chi connectivity index (χ1) is 10.9. The van der Waals surface area contributed by atoms with E-state index in [9.17, 15) is 4.79 Å². The minimum Gasteiger partial charge on any atom is -0.368 e. The zero-order chi connectivity index (χ0) is 16.6. The fourth-order valence-corrected chi connectivity index (χ4v) is 3.76. The predicted octanol–water partition coefficient (Wildman–Crippen LogP) is -0.277. The average Bonchev–Trinajstić information content (AvgIpc) is 2.84. The Labute approximate surface area is 137 Å². The Morgan fingerprint density at radius 3 is 2.65 bits per heavy atom. The van der Waals surface area contributed by atoms with Gasteiger partial charge in [0.05, 0.1) is 6.42 Å². The monoisotopic (exact) mass is 318 g/mol. The first-order valence-corrected chi connectivity index (χ1v) is 8.24. The molecule has 7 heteroatoms. The number of amides is 1. The van der Waals surface area contributed by atoms with Crippen LogP contribution in [0.15, 0.2) is 0 Å². The summed E-state index contributed by atoms with van der Waals surface area (Å²) >= 11 is 0. The molecule has 1 amide bonds. The molecule has 23 heavy (non-hydrogen) atoms. The quantitative estimate of drug-likeness (QED) is 0.797. The number of hydrogen-bond donors (Lipinski definition) is 2. The Hall–Kier alpha value is -1.73. The maximum atomic E-state index is 12.4. The van der Waals surface area contributed by atoms with Crippen molar-refractivity contribution in [1.29, 1.82) is 0 Å². The normalized spacial score (nSPS) is 25.3. The molecule has 0 spiro atoms. The molecular weight excluding hydrogens is 292 g/mol. The number of fused-ring (bicyclic) bond motifs is 1. The average molecular weight is 318 g/mol. The number of aromatic nitrogens is 2. The second-order valence-electron chi connectivity index (χ2n) is 6.82. The highest BCUT2D eigenvalue weighted by Gasteiger charge is 2.35. The number of hydrogen-bond acceptors (Lipinski definition) is 6. The summed E-state index contributed by atoms with van der Waals surface area (Å²) in [6.45, 7) is 8.01. The van der Waals surface area contributed by atoms with Crippen LogP contribution in [0, 0.1) is 13.8 Å². The van der Waals surface area contributed by atoms with E-state index in [1.807, 2.05) is 13.8 Å². The van der Waals surface area contributed by atoms with E-state index in [-0.39, 0.29) is 17.9 Å². The first-order valence-electron chi connectivity index (χ1n) is 8.24. The molecular formula is C16H26N6O. The molecule has 0 radical (unpaired) electrons. The number of carbonyl (C=O) groups excluding carboxylic acids is 1. The number of nitrogens with zero attached hydrogens (tertiary/aromatic N) is 4. The number of nitrogens with one attached hydrogen (secondary N) is 1. The Balaban J connectivity index is 1.58. The van der Waals surface area contributed by atoms with Crippen LogP contribution in [-0.4, -0.2) is 71.0 Å². The van der Waals surface area contributed by atoms with Gasteiger partial charge < -0.3 is 16.0 Å². The molecule has 2 aliphatic rings. The van der Waals surface area contributed by atoms with Crippen LogP contribution in [0.5, 0.6) is 0 Å². The lowest BCUT2D eigenvalue weighted by atomic mass is 10.1. The number of anilines is 1. The van der Waals surface area contributed by atoms with Crippen LogP contribution in [0.3, 0.4) is 0 Å². The topological polar surface area (TPSA) is 87.4 Å². The van der Waals surface area contributed by atoms with Crippen molar-refractivity contribution in [2.45, 2.75) is 38.8 Å². The SMILES string of the molecule is Cc1nc(N)nc(C)c1CC(=O)N[C@H]1C[C@H]2CN(C)CCN2C1. The number of rotatable bonds is 3. The fraction of sp³-hybridized carbons (Fsp3) is 0.688. The number of carbonyl (C=O) groups is 1. The Kier molecular flexibility index (Phi) is 4.50. The summed E-state index contributed by atoms with van der Waals surface area (Å²) < 4.78 is 0. The molecule has 2 fully saturated rings. The van der Waals surface area contributed by atoms with Crippen molar-refractivity contribution in [3.05, 3.63) is 17.0 Å². The van der Waals surface area contributed by atoms with Crippen LogP contribution >= 0.6 is 0 Å². The predicted molar refractivity (Wildman–Crippen MR) is 89.0 cm³/mol. The molecule has 0 unspecified atom stereocenters. The zero-order valence-corrected chi connectivity index (χ0v) is 14.2. The molecule has 0 aliphatic carbocycles. The third-order valence-corrected chi connectivity index (χ3v) is 4.96. The van der Waals surface area contributed by atoms with Crippen molar-refractivity contribution in [3.63, 3.8) is 0 Å². The van der Waals surface area contributed by atoms with Crippen molar-refractivity contribution in [3.8, 4) is 0 Å². The summed E-state index contributed by atoms with van der Waals surface area (Å²) in [5.41, 5.74) is 8.09. The largest absolute Gasteiger partial charge is 0.368 e. The van der Waals surface area contributed by atoms with Crippen molar-refractivity contribution in [2.75, 3.05) is 39.0 Å². The van der Waals surface area contributed by atoms with E-state index in [2.05, 4.69) is 32.1 Å². The Morgan fingerprint density at radius 1 is 1.26 bits per heavy atom.